The molecule has 1 aliphatic heterocycles. The van der Waals surface area contributed by atoms with E-state index in [1.807, 2.05) is 18.2 Å². The first-order valence-corrected chi connectivity index (χ1v) is 7.77. The molecule has 122 valence electrons. The second-order valence-corrected chi connectivity index (χ2v) is 5.78. The average molecular weight is 315 g/mol. The summed E-state index contributed by atoms with van der Waals surface area (Å²) in [6, 6.07) is 10.0. The number of carbonyl (C=O) groups excluding carboxylic acids is 1. The zero-order chi connectivity index (χ0) is 16.2. The van der Waals surface area contributed by atoms with Crippen LogP contribution in [-0.4, -0.2) is 36.2 Å². The summed E-state index contributed by atoms with van der Waals surface area (Å²) in [5.74, 6) is 1.91. The van der Waals surface area contributed by atoms with E-state index in [2.05, 4.69) is 21.4 Å². The van der Waals surface area contributed by atoms with Crippen molar-refractivity contribution in [2.45, 2.75) is 25.8 Å². The van der Waals surface area contributed by atoms with Crippen LogP contribution in [0.5, 0.6) is 5.75 Å². The maximum absolute atomic E-state index is 12.2. The SMILES string of the molecule is COc1cccc(C2CCCN2CC(=O)Nc2cc(C)on2)c1. The Hall–Kier alpha value is -2.34. The molecule has 1 amide bonds. The molecule has 0 spiro atoms. The zero-order valence-electron chi connectivity index (χ0n) is 13.4. The van der Waals surface area contributed by atoms with Crippen LogP contribution in [-0.2, 0) is 4.79 Å². The van der Waals surface area contributed by atoms with Crippen LogP contribution in [0, 0.1) is 6.92 Å². The number of methoxy groups -OCH3 is 1. The third kappa shape index (κ3) is 3.71. The van der Waals surface area contributed by atoms with E-state index in [4.69, 9.17) is 9.26 Å². The number of anilines is 1. The number of benzene rings is 1. The molecule has 6 nitrogen and oxygen atoms in total. The van der Waals surface area contributed by atoms with E-state index in [0.717, 1.165) is 25.1 Å². The van der Waals surface area contributed by atoms with Crippen molar-refractivity contribution < 1.29 is 14.1 Å². The second-order valence-electron chi connectivity index (χ2n) is 5.78. The van der Waals surface area contributed by atoms with Crippen LogP contribution in [0.3, 0.4) is 0 Å². The summed E-state index contributed by atoms with van der Waals surface area (Å²) in [7, 11) is 1.67. The summed E-state index contributed by atoms with van der Waals surface area (Å²) in [6.07, 6.45) is 2.13. The van der Waals surface area contributed by atoms with Gasteiger partial charge in [-0.2, -0.15) is 0 Å². The normalized spacial score (nSPS) is 18.1. The van der Waals surface area contributed by atoms with E-state index in [1.54, 1.807) is 20.1 Å². The largest absolute Gasteiger partial charge is 0.497 e. The first kappa shape index (κ1) is 15.6. The Morgan fingerprint density at radius 1 is 1.48 bits per heavy atom. The molecule has 1 aromatic carbocycles. The number of likely N-dealkylation sites (tertiary alicyclic amines) is 1. The molecule has 1 atom stereocenters. The summed E-state index contributed by atoms with van der Waals surface area (Å²) in [5, 5.41) is 6.56. The smallest absolute Gasteiger partial charge is 0.239 e. The number of ether oxygens (including phenoxy) is 1. The molecule has 2 aromatic rings. The molecule has 1 N–H and O–H groups in total. The maximum Gasteiger partial charge on any atom is 0.239 e. The van der Waals surface area contributed by atoms with Crippen LogP contribution in [0.25, 0.3) is 0 Å². The fraction of sp³-hybridized carbons (Fsp3) is 0.412. The molecule has 0 radical (unpaired) electrons. The quantitative estimate of drug-likeness (QED) is 0.919. The van der Waals surface area contributed by atoms with Crippen molar-refractivity contribution in [1.82, 2.24) is 10.1 Å². The molecule has 3 rings (SSSR count). The molecule has 0 aliphatic carbocycles. The molecular formula is C17H21N3O3. The minimum Gasteiger partial charge on any atom is -0.497 e. The van der Waals surface area contributed by atoms with Crippen molar-refractivity contribution in [2.75, 3.05) is 25.5 Å². The number of carbonyl (C=O) groups is 1. The number of nitrogens with one attached hydrogen (secondary N) is 1. The lowest BCUT2D eigenvalue weighted by Crippen LogP contribution is -2.33. The van der Waals surface area contributed by atoms with Gasteiger partial charge in [0, 0.05) is 12.1 Å². The van der Waals surface area contributed by atoms with Gasteiger partial charge in [-0.25, -0.2) is 0 Å². The highest BCUT2D eigenvalue weighted by atomic mass is 16.5. The van der Waals surface area contributed by atoms with Gasteiger partial charge in [0.1, 0.15) is 11.5 Å². The molecule has 23 heavy (non-hydrogen) atoms. The Morgan fingerprint density at radius 2 is 2.35 bits per heavy atom. The Morgan fingerprint density at radius 3 is 3.09 bits per heavy atom. The third-order valence-corrected chi connectivity index (χ3v) is 4.08. The Bertz CT molecular complexity index is 683. The van der Waals surface area contributed by atoms with E-state index >= 15 is 0 Å². The zero-order valence-corrected chi connectivity index (χ0v) is 13.4. The first-order valence-electron chi connectivity index (χ1n) is 7.77. The van der Waals surface area contributed by atoms with Gasteiger partial charge in [0.2, 0.25) is 5.91 Å². The molecule has 1 unspecified atom stereocenters. The van der Waals surface area contributed by atoms with Crippen LogP contribution in [0.15, 0.2) is 34.9 Å². The Kier molecular flexibility index (Phi) is 4.62. The number of aryl methyl sites for hydroxylation is 1. The summed E-state index contributed by atoms with van der Waals surface area (Å²) in [4.78, 5) is 14.4. The fourth-order valence-corrected chi connectivity index (χ4v) is 3.03. The predicted molar refractivity (Wildman–Crippen MR) is 86.4 cm³/mol. The maximum atomic E-state index is 12.2. The number of rotatable bonds is 5. The summed E-state index contributed by atoms with van der Waals surface area (Å²) < 4.78 is 10.3. The highest BCUT2D eigenvalue weighted by molar-refractivity contribution is 5.91. The van der Waals surface area contributed by atoms with Crippen LogP contribution in [0.4, 0.5) is 5.82 Å². The van der Waals surface area contributed by atoms with Crippen molar-refractivity contribution in [2.24, 2.45) is 0 Å². The third-order valence-electron chi connectivity index (χ3n) is 4.08. The lowest BCUT2D eigenvalue weighted by atomic mass is 10.0. The van der Waals surface area contributed by atoms with Gasteiger partial charge in [0.25, 0.3) is 0 Å². The van der Waals surface area contributed by atoms with Crippen LogP contribution in [0.1, 0.15) is 30.2 Å². The highest BCUT2D eigenvalue weighted by Crippen LogP contribution is 2.33. The van der Waals surface area contributed by atoms with Crippen LogP contribution < -0.4 is 10.1 Å². The number of hydrogen-bond donors (Lipinski definition) is 1. The van der Waals surface area contributed by atoms with E-state index in [-0.39, 0.29) is 11.9 Å². The van der Waals surface area contributed by atoms with Crippen LogP contribution in [0.2, 0.25) is 0 Å². The van der Waals surface area contributed by atoms with Crippen molar-refractivity contribution in [3.63, 3.8) is 0 Å². The summed E-state index contributed by atoms with van der Waals surface area (Å²) in [5.41, 5.74) is 1.19. The highest BCUT2D eigenvalue weighted by Gasteiger charge is 2.28. The molecule has 1 aliphatic rings. The van der Waals surface area contributed by atoms with Crippen molar-refractivity contribution in [3.05, 3.63) is 41.7 Å². The van der Waals surface area contributed by atoms with Crippen molar-refractivity contribution in [1.29, 1.82) is 0 Å². The van der Waals surface area contributed by atoms with Crippen LogP contribution >= 0.6 is 0 Å². The molecular weight excluding hydrogens is 294 g/mol. The standard InChI is InChI=1S/C17H21N3O3/c1-12-9-16(19-23-12)18-17(21)11-20-8-4-7-15(20)13-5-3-6-14(10-13)22-2/h3,5-6,9-10,15H,4,7-8,11H2,1-2H3,(H,18,19,21). The van der Waals surface area contributed by atoms with Gasteiger partial charge >= 0.3 is 0 Å². The van der Waals surface area contributed by atoms with Gasteiger partial charge in [0.05, 0.1) is 13.7 Å². The van der Waals surface area contributed by atoms with E-state index in [0.29, 0.717) is 18.1 Å². The minimum absolute atomic E-state index is 0.0758. The van der Waals surface area contributed by atoms with Gasteiger partial charge in [-0.1, -0.05) is 17.3 Å². The number of nitrogens with zero attached hydrogens (tertiary/aromatic N) is 2. The molecule has 1 aromatic heterocycles. The number of amides is 1. The summed E-state index contributed by atoms with van der Waals surface area (Å²) >= 11 is 0. The van der Waals surface area contributed by atoms with Gasteiger partial charge < -0.3 is 14.6 Å². The lowest BCUT2D eigenvalue weighted by molar-refractivity contribution is -0.117. The fourth-order valence-electron chi connectivity index (χ4n) is 3.03. The average Bonchev–Trinajstić information content (AvgIpc) is 3.16. The second kappa shape index (κ2) is 6.83. The Labute approximate surface area is 135 Å². The number of aromatic nitrogens is 1. The van der Waals surface area contributed by atoms with Gasteiger partial charge in [-0.15, -0.1) is 0 Å². The van der Waals surface area contributed by atoms with E-state index in [1.165, 1.54) is 5.56 Å². The lowest BCUT2D eigenvalue weighted by Gasteiger charge is -2.24. The molecule has 0 bridgehead atoms. The minimum atomic E-state index is -0.0758. The first-order chi connectivity index (χ1) is 11.2. The molecule has 1 saturated heterocycles. The van der Waals surface area contributed by atoms with E-state index < -0.39 is 0 Å². The molecule has 6 heteroatoms. The van der Waals surface area contributed by atoms with Gasteiger partial charge in [-0.3, -0.25) is 9.69 Å². The molecule has 0 saturated carbocycles. The molecule has 2 heterocycles. The van der Waals surface area contributed by atoms with Crippen molar-refractivity contribution in [3.8, 4) is 5.75 Å². The summed E-state index contributed by atoms with van der Waals surface area (Å²) in [6.45, 7) is 3.04. The van der Waals surface area contributed by atoms with Gasteiger partial charge in [0.15, 0.2) is 5.82 Å². The monoisotopic (exact) mass is 315 g/mol. The molecule has 1 fully saturated rings. The van der Waals surface area contributed by atoms with Crippen molar-refractivity contribution >= 4 is 11.7 Å². The number of hydrogen-bond acceptors (Lipinski definition) is 5. The van der Waals surface area contributed by atoms with E-state index in [9.17, 15) is 4.79 Å². The Balaban J connectivity index is 1.65. The topological polar surface area (TPSA) is 67.6 Å². The van der Waals surface area contributed by atoms with Gasteiger partial charge in [-0.05, 0) is 44.0 Å². The predicted octanol–water partition coefficient (Wildman–Crippen LogP) is 2.77.